The van der Waals surface area contributed by atoms with Crippen LogP contribution < -0.4 is 0 Å². The lowest BCUT2D eigenvalue weighted by Crippen LogP contribution is -2.47. The van der Waals surface area contributed by atoms with Gasteiger partial charge in [0.2, 0.25) is 5.91 Å². The van der Waals surface area contributed by atoms with Crippen molar-refractivity contribution >= 4 is 5.91 Å². The lowest BCUT2D eigenvalue weighted by atomic mass is 9.79. The molecule has 0 bridgehead atoms. The molecule has 1 saturated heterocycles. The van der Waals surface area contributed by atoms with Gasteiger partial charge in [0.25, 0.3) is 0 Å². The number of piperidine rings is 1. The third kappa shape index (κ3) is 3.20. The number of aliphatic hydroxyl groups is 1. The van der Waals surface area contributed by atoms with Crippen LogP contribution >= 0.6 is 0 Å². The largest absolute Gasteiger partial charge is 0.396 e. The highest BCUT2D eigenvalue weighted by Crippen LogP contribution is 2.37. The molecule has 0 radical (unpaired) electrons. The Balaban J connectivity index is 1.81. The van der Waals surface area contributed by atoms with Crippen molar-refractivity contribution < 1.29 is 14.3 Å². The van der Waals surface area contributed by atoms with Crippen LogP contribution in [0, 0.1) is 11.7 Å². The Bertz CT molecular complexity index is 687. The first-order valence-corrected chi connectivity index (χ1v) is 8.33. The maximum Gasteiger partial charge on any atom is 0.229 e. The lowest BCUT2D eigenvalue weighted by molar-refractivity contribution is -0.143. The fourth-order valence-electron chi connectivity index (χ4n) is 3.58. The number of benzene rings is 2. The maximum absolute atomic E-state index is 13.1. The molecule has 0 aromatic heterocycles. The van der Waals surface area contributed by atoms with E-state index in [1.165, 1.54) is 12.1 Å². The third-order valence-electron chi connectivity index (χ3n) is 5.01. The predicted octanol–water partition coefficient (Wildman–Crippen LogP) is 3.51. The van der Waals surface area contributed by atoms with E-state index in [4.69, 9.17) is 0 Å². The molecule has 1 aliphatic heterocycles. The number of hydrogen-bond acceptors (Lipinski definition) is 2. The summed E-state index contributed by atoms with van der Waals surface area (Å²) in [5.74, 6) is -0.868. The molecule has 1 fully saturated rings. The quantitative estimate of drug-likeness (QED) is 0.933. The van der Waals surface area contributed by atoms with Crippen molar-refractivity contribution in [3.8, 4) is 0 Å². The van der Waals surface area contributed by atoms with Gasteiger partial charge < -0.3 is 10.0 Å². The normalized spacial score (nSPS) is 22.5. The number of amides is 1. The number of aliphatic hydroxyl groups excluding tert-OH is 1. The molecule has 0 unspecified atom stereocenters. The SMILES string of the molecule is C[C@@H](c1ccccc1)N1CC[C@@H](c2ccc(F)cc2)[C@H](CO)C1=O. The van der Waals surface area contributed by atoms with Crippen LogP contribution in [-0.2, 0) is 4.79 Å². The molecular formula is C20H22FNO2. The van der Waals surface area contributed by atoms with Gasteiger partial charge in [-0.2, -0.15) is 0 Å². The summed E-state index contributed by atoms with van der Waals surface area (Å²) in [5.41, 5.74) is 2.00. The summed E-state index contributed by atoms with van der Waals surface area (Å²) in [5, 5.41) is 9.80. The van der Waals surface area contributed by atoms with E-state index in [9.17, 15) is 14.3 Å². The van der Waals surface area contributed by atoms with Crippen LogP contribution in [-0.4, -0.2) is 29.1 Å². The first-order valence-electron chi connectivity index (χ1n) is 8.33. The minimum atomic E-state index is -0.477. The number of nitrogens with zero attached hydrogens (tertiary/aromatic N) is 1. The van der Waals surface area contributed by atoms with Crippen molar-refractivity contribution in [2.45, 2.75) is 25.3 Å². The average Bonchev–Trinajstić information content (AvgIpc) is 2.62. The number of likely N-dealkylation sites (tertiary alicyclic amines) is 1. The van der Waals surface area contributed by atoms with Gasteiger partial charge in [0, 0.05) is 6.54 Å². The van der Waals surface area contributed by atoms with Crippen LogP contribution in [0.15, 0.2) is 54.6 Å². The van der Waals surface area contributed by atoms with Crippen molar-refractivity contribution in [1.82, 2.24) is 4.90 Å². The van der Waals surface area contributed by atoms with Crippen LogP contribution in [0.5, 0.6) is 0 Å². The van der Waals surface area contributed by atoms with E-state index in [1.807, 2.05) is 42.2 Å². The second-order valence-corrected chi connectivity index (χ2v) is 6.35. The molecular weight excluding hydrogens is 305 g/mol. The average molecular weight is 327 g/mol. The topological polar surface area (TPSA) is 40.5 Å². The molecule has 126 valence electrons. The van der Waals surface area contributed by atoms with Gasteiger partial charge in [0.1, 0.15) is 5.82 Å². The molecule has 3 atom stereocenters. The van der Waals surface area contributed by atoms with Crippen molar-refractivity contribution in [3.05, 3.63) is 71.5 Å². The van der Waals surface area contributed by atoms with Gasteiger partial charge in [-0.3, -0.25) is 4.79 Å². The zero-order valence-corrected chi connectivity index (χ0v) is 13.7. The van der Waals surface area contributed by atoms with Crippen molar-refractivity contribution in [2.24, 2.45) is 5.92 Å². The van der Waals surface area contributed by atoms with E-state index < -0.39 is 5.92 Å². The van der Waals surface area contributed by atoms with Crippen molar-refractivity contribution in [3.63, 3.8) is 0 Å². The van der Waals surface area contributed by atoms with Crippen molar-refractivity contribution in [2.75, 3.05) is 13.2 Å². The fraction of sp³-hybridized carbons (Fsp3) is 0.350. The standard InChI is InChI=1S/C20H22FNO2/c1-14(15-5-3-2-4-6-15)22-12-11-18(19(13-23)20(22)24)16-7-9-17(21)10-8-16/h2-10,14,18-19,23H,11-13H2,1H3/t14-,18-,19-/m0/s1. The predicted molar refractivity (Wildman–Crippen MR) is 90.9 cm³/mol. The van der Waals surface area contributed by atoms with E-state index in [0.29, 0.717) is 6.54 Å². The lowest BCUT2D eigenvalue weighted by Gasteiger charge is -2.40. The summed E-state index contributed by atoms with van der Waals surface area (Å²) in [6.45, 7) is 2.45. The summed E-state index contributed by atoms with van der Waals surface area (Å²) in [4.78, 5) is 14.8. The van der Waals surface area contributed by atoms with Gasteiger partial charge in [-0.15, -0.1) is 0 Å². The molecule has 1 N–H and O–H groups in total. The Morgan fingerprint density at radius 1 is 1.17 bits per heavy atom. The highest BCUT2D eigenvalue weighted by atomic mass is 19.1. The number of halogens is 1. The minimum absolute atomic E-state index is 0.0260. The van der Waals surface area contributed by atoms with E-state index in [0.717, 1.165) is 17.5 Å². The Labute approximate surface area is 141 Å². The van der Waals surface area contributed by atoms with Crippen LogP contribution in [0.3, 0.4) is 0 Å². The van der Waals surface area contributed by atoms with Crippen LogP contribution in [0.1, 0.15) is 36.4 Å². The third-order valence-corrected chi connectivity index (χ3v) is 5.01. The van der Waals surface area contributed by atoms with E-state index >= 15 is 0 Å². The molecule has 2 aromatic rings. The number of carbonyl (C=O) groups excluding carboxylic acids is 1. The number of carbonyl (C=O) groups is 1. The molecule has 1 aliphatic rings. The van der Waals surface area contributed by atoms with Crippen LogP contribution in [0.2, 0.25) is 0 Å². The van der Waals surface area contributed by atoms with E-state index in [1.54, 1.807) is 12.1 Å². The highest BCUT2D eigenvalue weighted by molar-refractivity contribution is 5.81. The van der Waals surface area contributed by atoms with Gasteiger partial charge in [0.15, 0.2) is 0 Å². The molecule has 1 heterocycles. The number of hydrogen-bond donors (Lipinski definition) is 1. The second-order valence-electron chi connectivity index (χ2n) is 6.35. The summed E-state index contributed by atoms with van der Waals surface area (Å²) in [6, 6.07) is 16.1. The Morgan fingerprint density at radius 2 is 1.83 bits per heavy atom. The van der Waals surface area contributed by atoms with Crippen LogP contribution in [0.25, 0.3) is 0 Å². The van der Waals surface area contributed by atoms with E-state index in [2.05, 4.69) is 0 Å². The van der Waals surface area contributed by atoms with Crippen LogP contribution in [0.4, 0.5) is 4.39 Å². The monoisotopic (exact) mass is 327 g/mol. The summed E-state index contributed by atoms with van der Waals surface area (Å²) in [6.07, 6.45) is 0.764. The molecule has 0 aliphatic carbocycles. The first-order chi connectivity index (χ1) is 11.6. The molecule has 1 amide bonds. The van der Waals surface area contributed by atoms with Gasteiger partial charge >= 0.3 is 0 Å². The zero-order chi connectivity index (χ0) is 17.1. The molecule has 0 saturated carbocycles. The van der Waals surface area contributed by atoms with Crippen molar-refractivity contribution in [1.29, 1.82) is 0 Å². The molecule has 3 rings (SSSR count). The fourth-order valence-corrected chi connectivity index (χ4v) is 3.58. The van der Waals surface area contributed by atoms with E-state index in [-0.39, 0.29) is 30.3 Å². The van der Waals surface area contributed by atoms with Gasteiger partial charge in [-0.05, 0) is 42.5 Å². The smallest absolute Gasteiger partial charge is 0.229 e. The van der Waals surface area contributed by atoms with Gasteiger partial charge in [-0.25, -0.2) is 4.39 Å². The molecule has 24 heavy (non-hydrogen) atoms. The first kappa shape index (κ1) is 16.7. The maximum atomic E-state index is 13.1. The summed E-state index contributed by atoms with van der Waals surface area (Å²) >= 11 is 0. The Hall–Kier alpha value is -2.20. The molecule has 3 nitrogen and oxygen atoms in total. The molecule has 4 heteroatoms. The molecule has 0 spiro atoms. The zero-order valence-electron chi connectivity index (χ0n) is 13.7. The minimum Gasteiger partial charge on any atom is -0.396 e. The second kappa shape index (κ2) is 7.14. The Morgan fingerprint density at radius 3 is 2.46 bits per heavy atom. The Kier molecular flexibility index (Phi) is 4.95. The summed E-state index contributed by atoms with van der Waals surface area (Å²) < 4.78 is 13.1. The van der Waals surface area contributed by atoms with Gasteiger partial charge in [-0.1, -0.05) is 42.5 Å². The number of rotatable bonds is 4. The molecule has 2 aromatic carbocycles. The summed E-state index contributed by atoms with van der Waals surface area (Å²) in [7, 11) is 0. The highest BCUT2D eigenvalue weighted by Gasteiger charge is 2.38. The van der Waals surface area contributed by atoms with Gasteiger partial charge in [0.05, 0.1) is 18.6 Å².